The number of hydrogen-bond donors (Lipinski definition) is 1. The summed E-state index contributed by atoms with van der Waals surface area (Å²) in [6.45, 7) is 6.37. The number of methoxy groups -OCH3 is 1. The van der Waals surface area contributed by atoms with Crippen LogP contribution in [-0.4, -0.2) is 21.9 Å². The SMILES string of the molecule is CCc1nn(CC)c(CNCc2ccnc(OC)c2)c1Cl. The van der Waals surface area contributed by atoms with Crippen molar-refractivity contribution in [3.8, 4) is 5.88 Å². The lowest BCUT2D eigenvalue weighted by Gasteiger charge is -2.08. The Balaban J connectivity index is 2.01. The number of nitrogens with one attached hydrogen (secondary N) is 1. The number of hydrogen-bond acceptors (Lipinski definition) is 4. The molecule has 0 bridgehead atoms. The molecule has 0 saturated carbocycles. The van der Waals surface area contributed by atoms with Crippen LogP contribution in [0.2, 0.25) is 5.02 Å². The van der Waals surface area contributed by atoms with E-state index in [0.717, 1.165) is 41.5 Å². The minimum Gasteiger partial charge on any atom is -0.481 e. The first-order valence-electron chi connectivity index (χ1n) is 7.13. The first-order chi connectivity index (χ1) is 10.2. The number of nitrogens with zero attached hydrogens (tertiary/aromatic N) is 3. The molecule has 0 saturated heterocycles. The van der Waals surface area contributed by atoms with Gasteiger partial charge in [0.25, 0.3) is 0 Å². The van der Waals surface area contributed by atoms with Crippen LogP contribution >= 0.6 is 11.6 Å². The van der Waals surface area contributed by atoms with E-state index in [1.807, 2.05) is 16.8 Å². The van der Waals surface area contributed by atoms with Crippen LogP contribution in [0, 0.1) is 0 Å². The van der Waals surface area contributed by atoms with Crippen LogP contribution in [0.1, 0.15) is 30.8 Å². The highest BCUT2D eigenvalue weighted by Gasteiger charge is 2.13. The van der Waals surface area contributed by atoms with Crippen LogP contribution in [0.5, 0.6) is 5.88 Å². The number of halogens is 1. The van der Waals surface area contributed by atoms with Crippen LogP contribution in [0.3, 0.4) is 0 Å². The van der Waals surface area contributed by atoms with Gasteiger partial charge in [0.05, 0.1) is 23.5 Å². The molecule has 5 nitrogen and oxygen atoms in total. The van der Waals surface area contributed by atoms with Crippen LogP contribution < -0.4 is 10.1 Å². The van der Waals surface area contributed by atoms with Crippen molar-refractivity contribution in [3.05, 3.63) is 40.3 Å². The zero-order valence-corrected chi connectivity index (χ0v) is 13.4. The number of aromatic nitrogens is 3. The van der Waals surface area contributed by atoms with Crippen molar-refractivity contribution in [1.82, 2.24) is 20.1 Å². The van der Waals surface area contributed by atoms with Crippen LogP contribution in [0.25, 0.3) is 0 Å². The summed E-state index contributed by atoms with van der Waals surface area (Å²) in [5, 5.41) is 8.69. The average molecular weight is 309 g/mol. The molecule has 0 amide bonds. The zero-order chi connectivity index (χ0) is 15.2. The summed E-state index contributed by atoms with van der Waals surface area (Å²) >= 11 is 6.38. The number of rotatable bonds is 7. The van der Waals surface area contributed by atoms with Gasteiger partial charge in [-0.15, -0.1) is 0 Å². The van der Waals surface area contributed by atoms with Crippen molar-refractivity contribution in [2.45, 2.75) is 39.9 Å². The van der Waals surface area contributed by atoms with Gasteiger partial charge in [-0.2, -0.15) is 5.10 Å². The molecule has 2 rings (SSSR count). The summed E-state index contributed by atoms with van der Waals surface area (Å²) in [7, 11) is 1.62. The van der Waals surface area contributed by atoms with Gasteiger partial charge in [-0.25, -0.2) is 4.98 Å². The minimum atomic E-state index is 0.624. The van der Waals surface area contributed by atoms with Crippen LogP contribution in [0.4, 0.5) is 0 Å². The Hall–Kier alpha value is -1.59. The molecule has 21 heavy (non-hydrogen) atoms. The highest BCUT2D eigenvalue weighted by Crippen LogP contribution is 2.21. The summed E-state index contributed by atoms with van der Waals surface area (Å²) in [6.07, 6.45) is 2.59. The van der Waals surface area contributed by atoms with Crippen molar-refractivity contribution in [1.29, 1.82) is 0 Å². The molecule has 1 N–H and O–H groups in total. The first-order valence-corrected chi connectivity index (χ1v) is 7.51. The molecule has 2 aromatic heterocycles. The zero-order valence-electron chi connectivity index (χ0n) is 12.7. The van der Waals surface area contributed by atoms with E-state index in [4.69, 9.17) is 16.3 Å². The molecule has 0 aliphatic carbocycles. The van der Waals surface area contributed by atoms with E-state index in [-0.39, 0.29) is 0 Å². The van der Waals surface area contributed by atoms with Crippen molar-refractivity contribution < 1.29 is 4.74 Å². The van der Waals surface area contributed by atoms with E-state index in [9.17, 15) is 0 Å². The highest BCUT2D eigenvalue weighted by molar-refractivity contribution is 6.31. The second kappa shape index (κ2) is 7.43. The summed E-state index contributed by atoms with van der Waals surface area (Å²) in [5.74, 6) is 0.624. The monoisotopic (exact) mass is 308 g/mol. The van der Waals surface area contributed by atoms with Gasteiger partial charge in [-0.1, -0.05) is 18.5 Å². The molecule has 6 heteroatoms. The van der Waals surface area contributed by atoms with Gasteiger partial charge in [-0.05, 0) is 25.0 Å². The van der Waals surface area contributed by atoms with Crippen molar-refractivity contribution in [2.75, 3.05) is 7.11 Å². The van der Waals surface area contributed by atoms with Crippen molar-refractivity contribution in [3.63, 3.8) is 0 Å². The third-order valence-corrected chi connectivity index (χ3v) is 3.76. The second-order valence-electron chi connectivity index (χ2n) is 4.69. The molecule has 0 spiro atoms. The average Bonchev–Trinajstić information content (AvgIpc) is 2.83. The second-order valence-corrected chi connectivity index (χ2v) is 5.06. The molecule has 0 radical (unpaired) electrons. The topological polar surface area (TPSA) is 52.0 Å². The molecular formula is C15H21ClN4O. The number of pyridine rings is 1. The Morgan fingerprint density at radius 3 is 2.81 bits per heavy atom. The van der Waals surface area contributed by atoms with Crippen molar-refractivity contribution >= 4 is 11.6 Å². The smallest absolute Gasteiger partial charge is 0.213 e. The van der Waals surface area contributed by atoms with E-state index in [1.165, 1.54) is 0 Å². The standard InChI is InChI=1S/C15H21ClN4O/c1-4-12-15(16)13(20(5-2)19-12)10-17-9-11-6-7-18-14(8-11)21-3/h6-8,17H,4-5,9-10H2,1-3H3. The quantitative estimate of drug-likeness (QED) is 0.854. The summed E-state index contributed by atoms with van der Waals surface area (Å²) in [4.78, 5) is 4.09. The maximum atomic E-state index is 6.38. The predicted octanol–water partition coefficient (Wildman–Crippen LogP) is 2.81. The van der Waals surface area contributed by atoms with Crippen LogP contribution in [-0.2, 0) is 26.1 Å². The van der Waals surface area contributed by atoms with Gasteiger partial charge in [0, 0.05) is 31.9 Å². The third kappa shape index (κ3) is 3.74. The Kier molecular flexibility index (Phi) is 5.59. The van der Waals surface area contributed by atoms with Gasteiger partial charge in [-0.3, -0.25) is 4.68 Å². The Labute approximate surface area is 130 Å². The largest absolute Gasteiger partial charge is 0.481 e. The predicted molar refractivity (Wildman–Crippen MR) is 83.6 cm³/mol. The van der Waals surface area contributed by atoms with E-state index in [2.05, 4.69) is 29.2 Å². The van der Waals surface area contributed by atoms with E-state index in [0.29, 0.717) is 12.4 Å². The van der Waals surface area contributed by atoms with E-state index >= 15 is 0 Å². The lowest BCUT2D eigenvalue weighted by atomic mass is 10.2. The number of ether oxygens (including phenoxy) is 1. The number of aryl methyl sites for hydroxylation is 2. The Bertz CT molecular complexity index is 597. The van der Waals surface area contributed by atoms with Gasteiger partial charge in [0.2, 0.25) is 5.88 Å². The Morgan fingerprint density at radius 1 is 1.33 bits per heavy atom. The summed E-state index contributed by atoms with van der Waals surface area (Å²) in [5.41, 5.74) is 3.12. The molecule has 0 atom stereocenters. The highest BCUT2D eigenvalue weighted by atomic mass is 35.5. The molecule has 2 heterocycles. The van der Waals surface area contributed by atoms with Gasteiger partial charge >= 0.3 is 0 Å². The molecule has 2 aromatic rings. The maximum Gasteiger partial charge on any atom is 0.213 e. The van der Waals surface area contributed by atoms with E-state index in [1.54, 1.807) is 13.3 Å². The fourth-order valence-corrected chi connectivity index (χ4v) is 2.52. The van der Waals surface area contributed by atoms with Crippen LogP contribution in [0.15, 0.2) is 18.3 Å². The van der Waals surface area contributed by atoms with Gasteiger partial charge < -0.3 is 10.1 Å². The van der Waals surface area contributed by atoms with E-state index < -0.39 is 0 Å². The summed E-state index contributed by atoms with van der Waals surface area (Å²) in [6, 6.07) is 3.88. The van der Waals surface area contributed by atoms with Gasteiger partial charge in [0.15, 0.2) is 0 Å². The molecule has 0 fully saturated rings. The fourth-order valence-electron chi connectivity index (χ4n) is 2.18. The van der Waals surface area contributed by atoms with Gasteiger partial charge in [0.1, 0.15) is 0 Å². The molecule has 0 aromatic carbocycles. The maximum absolute atomic E-state index is 6.38. The lowest BCUT2D eigenvalue weighted by molar-refractivity contribution is 0.397. The molecular weight excluding hydrogens is 288 g/mol. The first kappa shape index (κ1) is 15.8. The lowest BCUT2D eigenvalue weighted by Crippen LogP contribution is -2.16. The summed E-state index contributed by atoms with van der Waals surface area (Å²) < 4.78 is 7.08. The van der Waals surface area contributed by atoms with Crippen molar-refractivity contribution in [2.24, 2.45) is 0 Å². The third-order valence-electron chi connectivity index (χ3n) is 3.32. The Morgan fingerprint density at radius 2 is 2.14 bits per heavy atom. The fraction of sp³-hybridized carbons (Fsp3) is 0.467. The molecule has 114 valence electrons. The normalized spacial score (nSPS) is 10.9. The molecule has 0 aliphatic rings. The minimum absolute atomic E-state index is 0.624. The molecule has 0 aliphatic heterocycles. The molecule has 0 unspecified atom stereocenters.